The Hall–Kier alpha value is -7.56. The minimum atomic E-state index is -0.599. The molecule has 1 spiro atoms. The topological polar surface area (TPSA) is 67.2 Å². The normalized spacial score (nSPS) is 15.3. The molecule has 4 heteroatoms. The fourth-order valence-corrected chi connectivity index (χ4v) is 10.3. The quantitative estimate of drug-likeness (QED) is 0.106. The lowest BCUT2D eigenvalue weighted by Gasteiger charge is -2.39. The number of fused-ring (bicyclic) bond motifs is 15. The Labute approximate surface area is 329 Å². The van der Waals surface area contributed by atoms with Gasteiger partial charge in [0.15, 0.2) is 5.84 Å². The summed E-state index contributed by atoms with van der Waals surface area (Å²) in [4.78, 5) is 4.83. The summed E-state index contributed by atoms with van der Waals surface area (Å²) in [5, 5.41) is 16.5. The molecule has 3 N–H and O–H groups in total. The van der Waals surface area contributed by atoms with Gasteiger partial charge in [0, 0.05) is 27.5 Å². The molecule has 1 aliphatic carbocycles. The van der Waals surface area contributed by atoms with Crippen molar-refractivity contribution >= 4 is 55.0 Å². The summed E-state index contributed by atoms with van der Waals surface area (Å²) in [6.07, 6.45) is 0. The van der Waals surface area contributed by atoms with E-state index in [1.165, 1.54) is 60.9 Å². The molecule has 0 fully saturated rings. The number of para-hydroxylation sites is 3. The summed E-state index contributed by atoms with van der Waals surface area (Å²) in [6, 6.07) is 67.2. The molecule has 4 nitrogen and oxygen atoms in total. The first-order valence-corrected chi connectivity index (χ1v) is 19.4. The number of nitrogens with one attached hydrogen (secondary N) is 1. The summed E-state index contributed by atoms with van der Waals surface area (Å²) in [6.45, 7) is 0. The average Bonchev–Trinajstić information content (AvgIpc) is 3.76. The van der Waals surface area contributed by atoms with Crippen molar-refractivity contribution in [3.63, 3.8) is 0 Å². The highest BCUT2D eigenvalue weighted by Gasteiger charge is 2.51. The van der Waals surface area contributed by atoms with Gasteiger partial charge in [-0.25, -0.2) is 4.99 Å². The van der Waals surface area contributed by atoms with E-state index in [0.29, 0.717) is 5.84 Å². The highest BCUT2D eigenvalue weighted by molar-refractivity contribution is 6.26. The van der Waals surface area contributed by atoms with Crippen molar-refractivity contribution in [3.05, 3.63) is 221 Å². The monoisotopic (exact) mass is 726 g/mol. The molecule has 0 amide bonds. The Balaban J connectivity index is 1.21. The Morgan fingerprint density at radius 1 is 0.491 bits per heavy atom. The molecule has 2 heterocycles. The molecule has 57 heavy (non-hydrogen) atoms. The predicted octanol–water partition coefficient (Wildman–Crippen LogP) is 12.2. The van der Waals surface area contributed by atoms with Gasteiger partial charge in [-0.15, -0.1) is 0 Å². The van der Waals surface area contributed by atoms with Gasteiger partial charge in [-0.05, 0) is 78.7 Å². The maximum absolute atomic E-state index is 9.74. The zero-order valence-electron chi connectivity index (χ0n) is 30.9. The molecule has 0 saturated carbocycles. The molecule has 2 aliphatic rings. The zero-order chi connectivity index (χ0) is 37.8. The molecule has 1 aliphatic heterocycles. The van der Waals surface area contributed by atoms with E-state index >= 15 is 0 Å². The number of nitrogens with zero attached hydrogens (tertiary/aromatic N) is 2. The van der Waals surface area contributed by atoms with Crippen LogP contribution in [0.3, 0.4) is 0 Å². The van der Waals surface area contributed by atoms with Gasteiger partial charge in [-0.1, -0.05) is 170 Å². The van der Waals surface area contributed by atoms with Gasteiger partial charge < -0.3 is 10.3 Å². The van der Waals surface area contributed by atoms with Crippen molar-refractivity contribution < 1.29 is 0 Å². The van der Waals surface area contributed by atoms with Gasteiger partial charge in [0.2, 0.25) is 0 Å². The summed E-state index contributed by atoms with van der Waals surface area (Å²) < 4.78 is 2.48. The number of rotatable bonds is 3. The van der Waals surface area contributed by atoms with Gasteiger partial charge >= 0.3 is 0 Å². The third kappa shape index (κ3) is 4.16. The molecule has 266 valence electrons. The Morgan fingerprint density at radius 2 is 1.09 bits per heavy atom. The lowest BCUT2D eigenvalue weighted by molar-refractivity contribution is 0.749. The number of aliphatic imine (C=N–C) groups is 1. The van der Waals surface area contributed by atoms with Crippen LogP contribution < -0.4 is 5.73 Å². The summed E-state index contributed by atoms with van der Waals surface area (Å²) in [7, 11) is 0. The third-order valence-corrected chi connectivity index (χ3v) is 12.5. The van der Waals surface area contributed by atoms with Crippen LogP contribution in [0.15, 0.2) is 193 Å². The summed E-state index contributed by atoms with van der Waals surface area (Å²) in [5.74, 6) is 0.443. The van der Waals surface area contributed by atoms with Crippen molar-refractivity contribution in [1.82, 2.24) is 4.57 Å². The zero-order valence-corrected chi connectivity index (χ0v) is 30.9. The SMILES string of the molecule is N=C(/N=C(\N)c1ccccc1)c1c(-c2ccc3c(c2)C2(c4ccccc4-3)c3ccccc3-n3c4ccccc4c4cccc2c43)c2ccccc2c2ccccc12. The van der Waals surface area contributed by atoms with E-state index in [1.54, 1.807) is 0 Å². The molecule has 1 aromatic heterocycles. The molecule has 12 rings (SSSR count). The summed E-state index contributed by atoms with van der Waals surface area (Å²) in [5.41, 5.74) is 20.8. The second-order valence-electron chi connectivity index (χ2n) is 15.2. The second-order valence-corrected chi connectivity index (χ2v) is 15.2. The van der Waals surface area contributed by atoms with Crippen LogP contribution in [-0.4, -0.2) is 16.2 Å². The average molecular weight is 727 g/mol. The van der Waals surface area contributed by atoms with Crippen LogP contribution in [0.4, 0.5) is 0 Å². The van der Waals surface area contributed by atoms with E-state index in [0.717, 1.165) is 43.8 Å². The van der Waals surface area contributed by atoms with Crippen molar-refractivity contribution in [2.75, 3.05) is 0 Å². The molecule has 1 atom stereocenters. The molecule has 10 aromatic rings. The van der Waals surface area contributed by atoms with E-state index in [-0.39, 0.29) is 5.84 Å². The maximum atomic E-state index is 9.74. The van der Waals surface area contributed by atoms with E-state index in [4.69, 9.17) is 10.7 Å². The molecule has 0 radical (unpaired) electrons. The van der Waals surface area contributed by atoms with Crippen LogP contribution >= 0.6 is 0 Å². The molecule has 9 aromatic carbocycles. The standard InChI is InChI=1S/C53H34N4/c54-51(32-15-2-1-3-16-32)56-52(55)49-40-22-7-5-18-35(40)34-17-4-6-21-39(34)48(49)33-29-30-37-36-19-8-10-24-42(36)53(45(37)31-33)43-25-11-13-28-47(43)57-46-27-12-9-20-38(46)41-23-14-26-44(53)50(41)57/h1-31H,(H3,54,55,56). The van der Waals surface area contributed by atoms with Crippen LogP contribution in [-0.2, 0) is 5.41 Å². The number of amidine groups is 2. The number of nitrogens with two attached hydrogens (primary N) is 1. The van der Waals surface area contributed by atoms with Crippen LogP contribution in [0.25, 0.3) is 71.3 Å². The number of aromatic nitrogens is 1. The Morgan fingerprint density at radius 3 is 1.91 bits per heavy atom. The highest BCUT2D eigenvalue weighted by Crippen LogP contribution is 2.61. The van der Waals surface area contributed by atoms with Crippen LogP contribution in [0.5, 0.6) is 0 Å². The smallest absolute Gasteiger partial charge is 0.155 e. The second kappa shape index (κ2) is 11.7. The van der Waals surface area contributed by atoms with Gasteiger partial charge in [0.05, 0.1) is 22.1 Å². The van der Waals surface area contributed by atoms with Gasteiger partial charge in [0.1, 0.15) is 5.84 Å². The van der Waals surface area contributed by atoms with Crippen molar-refractivity contribution in [2.24, 2.45) is 10.7 Å². The first kappa shape index (κ1) is 31.8. The predicted molar refractivity (Wildman–Crippen MR) is 236 cm³/mol. The highest BCUT2D eigenvalue weighted by atomic mass is 15.0. The minimum Gasteiger partial charge on any atom is -0.383 e. The van der Waals surface area contributed by atoms with Gasteiger partial charge in [-0.2, -0.15) is 0 Å². The lowest BCUT2D eigenvalue weighted by Crippen LogP contribution is -2.33. The van der Waals surface area contributed by atoms with Crippen LogP contribution in [0, 0.1) is 5.41 Å². The van der Waals surface area contributed by atoms with E-state index in [2.05, 4.69) is 162 Å². The Bertz CT molecular complexity index is 3390. The van der Waals surface area contributed by atoms with Crippen LogP contribution in [0.2, 0.25) is 0 Å². The molecule has 1 unspecified atom stereocenters. The molecule has 0 saturated heterocycles. The lowest BCUT2D eigenvalue weighted by atomic mass is 9.65. The van der Waals surface area contributed by atoms with Crippen molar-refractivity contribution in [1.29, 1.82) is 5.41 Å². The molecular formula is C53H34N4. The van der Waals surface area contributed by atoms with Gasteiger partial charge in [-0.3, -0.25) is 5.41 Å². The largest absolute Gasteiger partial charge is 0.383 e. The number of hydrogen-bond acceptors (Lipinski definition) is 1. The minimum absolute atomic E-state index is 0.129. The fourth-order valence-electron chi connectivity index (χ4n) is 10.3. The van der Waals surface area contributed by atoms with Gasteiger partial charge in [0.25, 0.3) is 0 Å². The number of hydrogen-bond donors (Lipinski definition) is 2. The van der Waals surface area contributed by atoms with Crippen molar-refractivity contribution in [3.8, 4) is 27.9 Å². The van der Waals surface area contributed by atoms with Crippen LogP contribution in [0.1, 0.15) is 33.4 Å². The number of benzene rings is 9. The van der Waals surface area contributed by atoms with E-state index < -0.39 is 5.41 Å². The fraction of sp³-hybridized carbons (Fsp3) is 0.0189. The summed E-state index contributed by atoms with van der Waals surface area (Å²) >= 11 is 0. The third-order valence-electron chi connectivity index (χ3n) is 12.5. The van der Waals surface area contributed by atoms with E-state index in [9.17, 15) is 5.41 Å². The van der Waals surface area contributed by atoms with E-state index in [1.807, 2.05) is 30.3 Å². The maximum Gasteiger partial charge on any atom is 0.155 e. The molecule has 0 bridgehead atoms. The molecular weight excluding hydrogens is 693 g/mol. The first-order valence-electron chi connectivity index (χ1n) is 19.4. The Kier molecular flexibility index (Phi) is 6.53. The van der Waals surface area contributed by atoms with Crippen molar-refractivity contribution in [2.45, 2.75) is 5.41 Å². The first-order chi connectivity index (χ1) is 28.1.